The van der Waals surface area contributed by atoms with Crippen LogP contribution in [0.4, 0.5) is 0 Å². The van der Waals surface area contributed by atoms with Crippen LogP contribution in [0.1, 0.15) is 46.0 Å². The van der Waals surface area contributed by atoms with Crippen molar-refractivity contribution in [3.63, 3.8) is 0 Å². The third-order valence-corrected chi connectivity index (χ3v) is 5.01. The molecule has 0 radical (unpaired) electrons. The summed E-state index contributed by atoms with van der Waals surface area (Å²) in [6.45, 7) is 2.96. The normalized spacial score (nSPS) is 17.9. The van der Waals surface area contributed by atoms with E-state index < -0.39 is 29.6 Å². The van der Waals surface area contributed by atoms with Crippen LogP contribution >= 0.6 is 23.2 Å². The van der Waals surface area contributed by atoms with E-state index in [0.717, 1.165) is 19.3 Å². The van der Waals surface area contributed by atoms with Gasteiger partial charge in [-0.1, -0.05) is 42.5 Å². The van der Waals surface area contributed by atoms with Crippen molar-refractivity contribution in [3.8, 4) is 11.8 Å². The number of ether oxygens (including phenoxy) is 2. The summed E-state index contributed by atoms with van der Waals surface area (Å²) in [5.74, 6) is -0.921. The van der Waals surface area contributed by atoms with Gasteiger partial charge in [-0.25, -0.2) is 4.79 Å². The van der Waals surface area contributed by atoms with Crippen LogP contribution in [0.25, 0.3) is 0 Å². The topological polar surface area (TPSA) is 88.4 Å². The van der Waals surface area contributed by atoms with Crippen LogP contribution in [0.2, 0.25) is 10.0 Å². The van der Waals surface area contributed by atoms with E-state index in [1.807, 2.05) is 0 Å². The number of hydrogen-bond acceptors (Lipinski definition) is 5. The van der Waals surface area contributed by atoms with Gasteiger partial charge in [0.1, 0.15) is 11.3 Å². The minimum atomic E-state index is -1.05. The van der Waals surface area contributed by atoms with Crippen LogP contribution < -0.4 is 10.1 Å². The SMILES string of the molecule is C[C@H](OC(=O)[C@@H](C)Oc1ccc(Cl)cc1Cl)C(=O)NC1(C#N)CCCCC1. The Bertz CT molecular complexity index is 742. The Hall–Kier alpha value is -1.97. The fourth-order valence-corrected chi connectivity index (χ4v) is 3.34. The highest BCUT2D eigenvalue weighted by Gasteiger charge is 2.35. The van der Waals surface area contributed by atoms with Crippen molar-refractivity contribution < 1.29 is 19.1 Å². The molecule has 0 unspecified atom stereocenters. The van der Waals surface area contributed by atoms with Crippen molar-refractivity contribution in [2.75, 3.05) is 0 Å². The molecule has 1 aromatic carbocycles. The molecule has 2 atom stereocenters. The Morgan fingerprint density at radius 1 is 1.19 bits per heavy atom. The minimum Gasteiger partial charge on any atom is -0.477 e. The summed E-state index contributed by atoms with van der Waals surface area (Å²) in [6.07, 6.45) is 2.00. The number of carbonyl (C=O) groups excluding carboxylic acids is 2. The van der Waals surface area contributed by atoms with Gasteiger partial charge >= 0.3 is 5.97 Å². The van der Waals surface area contributed by atoms with E-state index in [4.69, 9.17) is 32.7 Å². The summed E-state index contributed by atoms with van der Waals surface area (Å²) in [6, 6.07) is 6.83. The maximum absolute atomic E-state index is 12.4. The Balaban J connectivity index is 1.91. The van der Waals surface area contributed by atoms with Gasteiger partial charge in [-0.2, -0.15) is 5.26 Å². The first kappa shape index (κ1) is 21.3. The number of amides is 1. The van der Waals surface area contributed by atoms with Crippen molar-refractivity contribution in [3.05, 3.63) is 28.2 Å². The molecule has 1 amide bonds. The predicted octanol–water partition coefficient (Wildman–Crippen LogP) is 4.04. The Labute approximate surface area is 168 Å². The zero-order valence-corrected chi connectivity index (χ0v) is 16.8. The summed E-state index contributed by atoms with van der Waals surface area (Å²) >= 11 is 11.8. The van der Waals surface area contributed by atoms with Gasteiger partial charge in [0.05, 0.1) is 11.1 Å². The molecule has 0 aromatic heterocycles. The summed E-state index contributed by atoms with van der Waals surface area (Å²) in [7, 11) is 0. The highest BCUT2D eigenvalue weighted by molar-refractivity contribution is 6.35. The summed E-state index contributed by atoms with van der Waals surface area (Å²) in [4.78, 5) is 24.6. The summed E-state index contributed by atoms with van der Waals surface area (Å²) in [5.41, 5.74) is -0.880. The first-order chi connectivity index (χ1) is 12.8. The number of benzene rings is 1. The Morgan fingerprint density at radius 3 is 2.44 bits per heavy atom. The van der Waals surface area contributed by atoms with Gasteiger partial charge in [0.15, 0.2) is 12.2 Å². The van der Waals surface area contributed by atoms with Crippen molar-refractivity contribution >= 4 is 35.1 Å². The number of nitriles is 1. The molecule has 1 fully saturated rings. The molecule has 1 aromatic rings. The molecule has 1 saturated carbocycles. The lowest BCUT2D eigenvalue weighted by molar-refractivity contribution is -0.161. The molecule has 1 aliphatic carbocycles. The van der Waals surface area contributed by atoms with Gasteiger partial charge in [0.25, 0.3) is 5.91 Å². The molecule has 27 heavy (non-hydrogen) atoms. The number of halogens is 2. The molecule has 0 aliphatic heterocycles. The zero-order valence-electron chi connectivity index (χ0n) is 15.3. The van der Waals surface area contributed by atoms with Gasteiger partial charge in [0.2, 0.25) is 0 Å². The largest absolute Gasteiger partial charge is 0.477 e. The molecular formula is C19H22Cl2N2O4. The van der Waals surface area contributed by atoms with Crippen LogP contribution in [0.5, 0.6) is 5.75 Å². The lowest BCUT2D eigenvalue weighted by Crippen LogP contribution is -2.52. The molecule has 1 aliphatic rings. The molecule has 8 heteroatoms. The fourth-order valence-electron chi connectivity index (χ4n) is 2.89. The van der Waals surface area contributed by atoms with E-state index in [-0.39, 0.29) is 10.8 Å². The molecule has 2 rings (SSSR count). The third kappa shape index (κ3) is 5.75. The highest BCUT2D eigenvalue weighted by atomic mass is 35.5. The van der Waals surface area contributed by atoms with Crippen molar-refractivity contribution in [2.45, 2.75) is 63.7 Å². The number of esters is 1. The molecule has 146 valence electrons. The minimum absolute atomic E-state index is 0.265. The first-order valence-corrected chi connectivity index (χ1v) is 9.57. The number of nitrogens with one attached hydrogen (secondary N) is 1. The molecule has 0 saturated heterocycles. The van der Waals surface area contributed by atoms with Crippen molar-refractivity contribution in [1.29, 1.82) is 5.26 Å². The van der Waals surface area contributed by atoms with E-state index in [2.05, 4.69) is 11.4 Å². The molecular weight excluding hydrogens is 391 g/mol. The average Bonchev–Trinajstić information content (AvgIpc) is 2.64. The zero-order chi connectivity index (χ0) is 20.0. The van der Waals surface area contributed by atoms with Crippen LogP contribution in [0, 0.1) is 11.3 Å². The standard InChI is InChI=1S/C19H22Cl2N2O4/c1-12(17(24)23-19(11-22)8-4-3-5-9-19)27-18(25)13(2)26-16-7-6-14(20)10-15(16)21/h6-7,10,12-13H,3-5,8-9H2,1-2H3,(H,23,24)/t12-,13+/m0/s1. The second-order valence-electron chi connectivity index (χ2n) is 6.66. The molecule has 6 nitrogen and oxygen atoms in total. The van der Waals surface area contributed by atoms with Crippen molar-refractivity contribution in [2.24, 2.45) is 0 Å². The lowest BCUT2D eigenvalue weighted by atomic mass is 9.83. The van der Waals surface area contributed by atoms with Gasteiger partial charge < -0.3 is 14.8 Å². The Kier molecular flexibility index (Phi) is 7.34. The first-order valence-electron chi connectivity index (χ1n) is 8.82. The molecule has 0 bridgehead atoms. The van der Waals surface area contributed by atoms with Crippen LogP contribution in [0.15, 0.2) is 18.2 Å². The van der Waals surface area contributed by atoms with E-state index in [9.17, 15) is 14.9 Å². The number of rotatable bonds is 6. The van der Waals surface area contributed by atoms with E-state index in [0.29, 0.717) is 17.9 Å². The van der Waals surface area contributed by atoms with Gasteiger partial charge in [-0.05, 0) is 44.9 Å². The second kappa shape index (κ2) is 9.29. The fraction of sp³-hybridized carbons (Fsp3) is 0.526. The quantitative estimate of drug-likeness (QED) is 0.712. The molecule has 1 N–H and O–H groups in total. The number of hydrogen-bond donors (Lipinski definition) is 1. The molecule has 0 spiro atoms. The van der Waals surface area contributed by atoms with Gasteiger partial charge in [0, 0.05) is 5.02 Å². The molecule has 0 heterocycles. The third-order valence-electron chi connectivity index (χ3n) is 4.48. The monoisotopic (exact) mass is 412 g/mol. The van der Waals surface area contributed by atoms with Crippen LogP contribution in [0.3, 0.4) is 0 Å². The predicted molar refractivity (Wildman–Crippen MR) is 102 cm³/mol. The van der Waals surface area contributed by atoms with E-state index in [1.54, 1.807) is 12.1 Å². The lowest BCUT2D eigenvalue weighted by Gasteiger charge is -2.32. The number of carbonyl (C=O) groups is 2. The maximum Gasteiger partial charge on any atom is 0.347 e. The van der Waals surface area contributed by atoms with E-state index >= 15 is 0 Å². The average molecular weight is 413 g/mol. The Morgan fingerprint density at radius 2 is 1.85 bits per heavy atom. The summed E-state index contributed by atoms with van der Waals surface area (Å²) < 4.78 is 10.7. The second-order valence-corrected chi connectivity index (χ2v) is 7.50. The van der Waals surface area contributed by atoms with Crippen molar-refractivity contribution in [1.82, 2.24) is 5.32 Å². The van der Waals surface area contributed by atoms with E-state index in [1.165, 1.54) is 19.9 Å². The van der Waals surface area contributed by atoms with Crippen LogP contribution in [-0.4, -0.2) is 29.6 Å². The smallest absolute Gasteiger partial charge is 0.347 e. The summed E-state index contributed by atoms with van der Waals surface area (Å²) in [5, 5.41) is 12.9. The van der Waals surface area contributed by atoms with Gasteiger partial charge in [-0.15, -0.1) is 0 Å². The van der Waals surface area contributed by atoms with Gasteiger partial charge in [-0.3, -0.25) is 4.79 Å². The maximum atomic E-state index is 12.4. The van der Waals surface area contributed by atoms with Crippen LogP contribution in [-0.2, 0) is 14.3 Å². The highest BCUT2D eigenvalue weighted by Crippen LogP contribution is 2.29. The number of nitrogens with zero attached hydrogens (tertiary/aromatic N) is 1.